The molecule has 0 amide bonds. The molecule has 0 radical (unpaired) electrons. The largest absolute Gasteiger partial charge is 0.504 e. The van der Waals surface area contributed by atoms with Crippen LogP contribution >= 0.6 is 27.3 Å². The fourth-order valence-corrected chi connectivity index (χ4v) is 3.76. The molecule has 2 heterocycles. The highest BCUT2D eigenvalue weighted by Gasteiger charge is 2.22. The van der Waals surface area contributed by atoms with Crippen LogP contribution in [0, 0.1) is 0 Å². The van der Waals surface area contributed by atoms with Gasteiger partial charge in [-0.2, -0.15) is 0 Å². The fourth-order valence-electron chi connectivity index (χ4n) is 2.15. The first-order valence-electron chi connectivity index (χ1n) is 7.05. The van der Waals surface area contributed by atoms with Gasteiger partial charge in [-0.3, -0.25) is 0 Å². The first kappa shape index (κ1) is 16.7. The molecule has 2 aromatic heterocycles. The Labute approximate surface area is 150 Å². The summed E-state index contributed by atoms with van der Waals surface area (Å²) in [4.78, 5) is 20.5. The Balaban J connectivity index is 2.15. The fraction of sp³-hybridized carbons (Fsp3) is 0.188. The van der Waals surface area contributed by atoms with E-state index in [9.17, 15) is 9.90 Å². The van der Waals surface area contributed by atoms with Gasteiger partial charge in [0, 0.05) is 5.56 Å². The number of esters is 1. The summed E-state index contributed by atoms with van der Waals surface area (Å²) < 4.78 is 11.0. The summed E-state index contributed by atoms with van der Waals surface area (Å²) in [6.07, 6.45) is 0. The molecule has 1 N–H and O–H groups in total. The lowest BCUT2D eigenvalue weighted by atomic mass is 10.2. The van der Waals surface area contributed by atoms with Crippen molar-refractivity contribution in [2.75, 3.05) is 13.7 Å². The van der Waals surface area contributed by atoms with E-state index in [1.54, 1.807) is 14.0 Å². The first-order valence-corrected chi connectivity index (χ1v) is 8.66. The second-order valence-electron chi connectivity index (χ2n) is 4.75. The number of thiazole rings is 1. The molecule has 0 aliphatic carbocycles. The number of halogens is 1. The molecule has 0 saturated carbocycles. The van der Waals surface area contributed by atoms with Crippen molar-refractivity contribution >= 4 is 43.5 Å². The minimum Gasteiger partial charge on any atom is -0.504 e. The van der Waals surface area contributed by atoms with Gasteiger partial charge < -0.3 is 14.6 Å². The van der Waals surface area contributed by atoms with Gasteiger partial charge in [0.15, 0.2) is 11.4 Å². The number of ether oxygens (including phenoxy) is 2. The Morgan fingerprint density at radius 2 is 2.17 bits per heavy atom. The van der Waals surface area contributed by atoms with E-state index in [0.29, 0.717) is 25.6 Å². The summed E-state index contributed by atoms with van der Waals surface area (Å²) in [6, 6.07) is 7.44. The summed E-state index contributed by atoms with van der Waals surface area (Å²) in [5.74, 6) is -0.187. The molecule has 0 aliphatic rings. The Kier molecular flexibility index (Phi) is 4.68. The zero-order valence-electron chi connectivity index (χ0n) is 12.9. The number of aromatic hydroxyl groups is 1. The maximum atomic E-state index is 11.9. The molecule has 24 heavy (non-hydrogen) atoms. The monoisotopic (exact) mass is 408 g/mol. The van der Waals surface area contributed by atoms with E-state index in [1.165, 1.54) is 11.3 Å². The summed E-state index contributed by atoms with van der Waals surface area (Å²) in [7, 11) is 1.59. The quantitative estimate of drug-likeness (QED) is 0.518. The van der Waals surface area contributed by atoms with E-state index >= 15 is 0 Å². The van der Waals surface area contributed by atoms with E-state index in [2.05, 4.69) is 25.9 Å². The Bertz CT molecular complexity index is 926. The lowest BCUT2D eigenvalue weighted by Gasteiger charge is -2.04. The topological polar surface area (TPSA) is 81.5 Å². The van der Waals surface area contributed by atoms with Crippen LogP contribution in [0.2, 0.25) is 0 Å². The first-order chi connectivity index (χ1) is 11.5. The number of methoxy groups -OCH3 is 1. The normalized spacial score (nSPS) is 10.8. The van der Waals surface area contributed by atoms with E-state index in [0.717, 1.165) is 5.56 Å². The highest BCUT2D eigenvalue weighted by atomic mass is 79.9. The minimum absolute atomic E-state index is 0.128. The predicted molar refractivity (Wildman–Crippen MR) is 94.7 cm³/mol. The molecule has 6 nitrogen and oxygen atoms in total. The number of aromatic nitrogens is 2. The van der Waals surface area contributed by atoms with Crippen LogP contribution in [0.15, 0.2) is 28.9 Å². The van der Waals surface area contributed by atoms with Gasteiger partial charge in [-0.15, -0.1) is 11.3 Å². The van der Waals surface area contributed by atoms with Crippen molar-refractivity contribution in [2.24, 2.45) is 0 Å². The molecule has 0 fully saturated rings. The lowest BCUT2D eigenvalue weighted by molar-refractivity contribution is 0.0516. The Morgan fingerprint density at radius 3 is 2.88 bits per heavy atom. The highest BCUT2D eigenvalue weighted by molar-refractivity contribution is 9.10. The van der Waals surface area contributed by atoms with Crippen LogP contribution in [0.3, 0.4) is 0 Å². The second-order valence-corrected chi connectivity index (χ2v) is 6.50. The summed E-state index contributed by atoms with van der Waals surface area (Å²) in [5.41, 5.74) is 1.21. The highest BCUT2D eigenvalue weighted by Crippen LogP contribution is 2.40. The van der Waals surface area contributed by atoms with Gasteiger partial charge in [0.25, 0.3) is 0 Å². The van der Waals surface area contributed by atoms with Crippen molar-refractivity contribution in [3.8, 4) is 22.1 Å². The van der Waals surface area contributed by atoms with Gasteiger partial charge in [-0.1, -0.05) is 12.1 Å². The third-order valence-corrected chi connectivity index (χ3v) is 4.92. The van der Waals surface area contributed by atoms with Gasteiger partial charge in [-0.05, 0) is 35.0 Å². The second kappa shape index (κ2) is 6.74. The SMILES string of the molecule is CCOC(=O)c1nc(Br)c2nc(-c3cccc(OC)c3)sc2c1O. The van der Waals surface area contributed by atoms with Crippen LogP contribution in [0.4, 0.5) is 0 Å². The number of carbonyl (C=O) groups is 1. The van der Waals surface area contributed by atoms with Crippen LogP contribution in [0.5, 0.6) is 11.5 Å². The predicted octanol–water partition coefficient (Wildman–Crippen LogP) is 4.01. The molecular weight excluding hydrogens is 396 g/mol. The molecule has 0 unspecified atom stereocenters. The van der Waals surface area contributed by atoms with Crippen LogP contribution in [-0.4, -0.2) is 34.8 Å². The van der Waals surface area contributed by atoms with Crippen molar-refractivity contribution in [2.45, 2.75) is 6.92 Å². The molecule has 3 rings (SSSR count). The average Bonchev–Trinajstić information content (AvgIpc) is 3.04. The maximum Gasteiger partial charge on any atom is 0.360 e. The van der Waals surface area contributed by atoms with E-state index < -0.39 is 5.97 Å². The van der Waals surface area contributed by atoms with Gasteiger partial charge >= 0.3 is 5.97 Å². The van der Waals surface area contributed by atoms with Crippen LogP contribution < -0.4 is 4.74 Å². The molecule has 3 aromatic rings. The number of hydrogen-bond donors (Lipinski definition) is 1. The van der Waals surface area contributed by atoms with Crippen molar-refractivity contribution in [1.29, 1.82) is 0 Å². The molecule has 0 spiro atoms. The number of nitrogens with zero attached hydrogens (tertiary/aromatic N) is 2. The molecule has 0 aliphatic heterocycles. The number of benzene rings is 1. The average molecular weight is 409 g/mol. The lowest BCUT2D eigenvalue weighted by Crippen LogP contribution is -2.07. The molecular formula is C16H13BrN2O4S. The number of hydrogen-bond acceptors (Lipinski definition) is 7. The van der Waals surface area contributed by atoms with Gasteiger partial charge in [-0.25, -0.2) is 14.8 Å². The molecule has 1 aromatic carbocycles. The zero-order chi connectivity index (χ0) is 17.3. The van der Waals surface area contributed by atoms with E-state index in [-0.39, 0.29) is 18.1 Å². The summed E-state index contributed by atoms with van der Waals surface area (Å²) in [5, 5.41) is 11.1. The number of rotatable bonds is 4. The van der Waals surface area contributed by atoms with Gasteiger partial charge in [0.05, 0.1) is 13.7 Å². The molecule has 0 saturated heterocycles. The van der Waals surface area contributed by atoms with Gasteiger partial charge in [0.1, 0.15) is 25.6 Å². The third kappa shape index (κ3) is 2.94. The molecule has 0 bridgehead atoms. The number of fused-ring (bicyclic) bond motifs is 1. The number of pyridine rings is 1. The van der Waals surface area contributed by atoms with E-state index in [4.69, 9.17) is 9.47 Å². The van der Waals surface area contributed by atoms with Crippen molar-refractivity contribution in [3.05, 3.63) is 34.6 Å². The number of carbonyl (C=O) groups excluding carboxylic acids is 1. The van der Waals surface area contributed by atoms with Gasteiger partial charge in [0.2, 0.25) is 0 Å². The van der Waals surface area contributed by atoms with Crippen LogP contribution in [-0.2, 0) is 4.74 Å². The van der Waals surface area contributed by atoms with Crippen molar-refractivity contribution < 1.29 is 19.4 Å². The molecule has 8 heteroatoms. The zero-order valence-corrected chi connectivity index (χ0v) is 15.3. The standard InChI is InChI=1S/C16H13BrN2O4S/c1-3-23-16(21)10-12(20)13-11(14(17)18-10)19-15(24-13)8-5-4-6-9(7-8)22-2/h4-7,20H,3H2,1-2H3. The third-order valence-electron chi connectivity index (χ3n) is 3.26. The maximum absolute atomic E-state index is 11.9. The molecule has 0 atom stereocenters. The minimum atomic E-state index is -0.672. The van der Waals surface area contributed by atoms with E-state index in [1.807, 2.05) is 24.3 Å². The van der Waals surface area contributed by atoms with Crippen LogP contribution in [0.1, 0.15) is 17.4 Å². The molecule has 124 valence electrons. The summed E-state index contributed by atoms with van der Waals surface area (Å²) >= 11 is 4.57. The Hall–Kier alpha value is -2.19. The Morgan fingerprint density at radius 1 is 1.38 bits per heavy atom. The smallest absolute Gasteiger partial charge is 0.360 e. The van der Waals surface area contributed by atoms with Crippen LogP contribution in [0.25, 0.3) is 20.8 Å². The summed E-state index contributed by atoms with van der Waals surface area (Å²) in [6.45, 7) is 1.89. The van der Waals surface area contributed by atoms with Crippen molar-refractivity contribution in [1.82, 2.24) is 9.97 Å². The van der Waals surface area contributed by atoms with Crippen molar-refractivity contribution in [3.63, 3.8) is 0 Å².